The predicted molar refractivity (Wildman–Crippen MR) is 245 cm³/mol. The topological polar surface area (TPSA) is 228 Å². The molecule has 2 aliphatic rings. The van der Waals surface area contributed by atoms with Crippen LogP contribution in [-0.2, 0) is 23.7 Å². The summed E-state index contributed by atoms with van der Waals surface area (Å²) >= 11 is 0. The van der Waals surface area contributed by atoms with E-state index in [0.29, 0.717) is 12.8 Å². The largest absolute Gasteiger partial charge is 0.394 e. The Morgan fingerprint density at radius 1 is 0.556 bits per heavy atom. The van der Waals surface area contributed by atoms with Crippen molar-refractivity contribution in [3.63, 3.8) is 0 Å². The molecule has 12 unspecified atom stereocenters. The van der Waals surface area contributed by atoms with Crippen molar-refractivity contribution in [3.05, 3.63) is 24.3 Å². The first-order valence-electron chi connectivity index (χ1n) is 25.1. The molecule has 63 heavy (non-hydrogen) atoms. The normalized spacial score (nSPS) is 27.7. The Morgan fingerprint density at radius 2 is 1.02 bits per heavy atom. The third kappa shape index (κ3) is 24.2. The van der Waals surface area contributed by atoms with E-state index in [2.05, 4.69) is 31.3 Å². The summed E-state index contributed by atoms with van der Waals surface area (Å²) in [7, 11) is 0. The van der Waals surface area contributed by atoms with E-state index in [1.54, 1.807) is 6.08 Å². The molecular formula is C49H91NO13. The van der Waals surface area contributed by atoms with Crippen molar-refractivity contribution >= 4 is 5.91 Å². The van der Waals surface area contributed by atoms with Crippen molar-refractivity contribution < 1.29 is 64.6 Å². The first kappa shape index (κ1) is 57.6. The van der Waals surface area contributed by atoms with E-state index in [-0.39, 0.29) is 18.9 Å². The number of carbonyl (C=O) groups is 1. The maximum absolute atomic E-state index is 13.0. The molecule has 2 fully saturated rings. The molecular weight excluding hydrogens is 811 g/mol. The van der Waals surface area contributed by atoms with Crippen molar-refractivity contribution in [1.29, 1.82) is 0 Å². The van der Waals surface area contributed by atoms with Crippen molar-refractivity contribution in [3.8, 4) is 0 Å². The molecule has 2 saturated heterocycles. The van der Waals surface area contributed by atoms with Crippen LogP contribution < -0.4 is 5.32 Å². The van der Waals surface area contributed by atoms with Gasteiger partial charge in [0, 0.05) is 6.42 Å². The molecule has 14 nitrogen and oxygen atoms in total. The monoisotopic (exact) mass is 902 g/mol. The highest BCUT2D eigenvalue weighted by Crippen LogP contribution is 2.30. The van der Waals surface area contributed by atoms with Crippen LogP contribution in [0.25, 0.3) is 0 Å². The summed E-state index contributed by atoms with van der Waals surface area (Å²) in [6.45, 7) is 2.71. The molecule has 0 aromatic heterocycles. The summed E-state index contributed by atoms with van der Waals surface area (Å²) in [5.41, 5.74) is 0. The highest BCUT2D eigenvalue weighted by Gasteiger charge is 2.51. The van der Waals surface area contributed by atoms with Gasteiger partial charge in [-0.1, -0.05) is 173 Å². The number of aliphatic hydroxyl groups is 8. The first-order valence-corrected chi connectivity index (χ1v) is 25.1. The van der Waals surface area contributed by atoms with Crippen molar-refractivity contribution in [1.82, 2.24) is 5.32 Å². The number of hydrogen-bond donors (Lipinski definition) is 9. The van der Waals surface area contributed by atoms with Gasteiger partial charge in [-0.3, -0.25) is 4.79 Å². The lowest BCUT2D eigenvalue weighted by molar-refractivity contribution is -0.359. The standard InChI is InChI=1S/C49H91NO13/c1-3-5-7-9-11-12-13-14-15-16-17-18-19-20-21-22-23-24-25-27-28-30-32-38(53)37(50-41(54)33-31-29-26-10-8-6-4-2)36-60-48-46(59)44(57)47(40(35-52)62-48)63-49-45(58)43(56)42(55)39(34-51)61-49/h24-25,30,32,37-40,42-49,51-53,55-59H,3-23,26-29,31,33-36H2,1-2H3,(H,50,54)/b25-24+,32-30+. The van der Waals surface area contributed by atoms with Gasteiger partial charge < -0.3 is 65.1 Å². The highest BCUT2D eigenvalue weighted by molar-refractivity contribution is 5.76. The Bertz CT molecular complexity index is 1160. The van der Waals surface area contributed by atoms with Crippen LogP contribution >= 0.6 is 0 Å². The molecule has 0 bridgehead atoms. The van der Waals surface area contributed by atoms with Gasteiger partial charge in [-0.05, 0) is 32.1 Å². The number of carbonyl (C=O) groups excluding carboxylic acids is 1. The smallest absolute Gasteiger partial charge is 0.220 e. The van der Waals surface area contributed by atoms with E-state index < -0.39 is 86.8 Å². The van der Waals surface area contributed by atoms with Gasteiger partial charge in [0.1, 0.15) is 48.8 Å². The molecule has 2 rings (SSSR count). The molecule has 0 aliphatic carbocycles. The first-order chi connectivity index (χ1) is 30.6. The van der Waals surface area contributed by atoms with Gasteiger partial charge in [-0.15, -0.1) is 0 Å². The predicted octanol–water partition coefficient (Wildman–Crippen LogP) is 6.16. The van der Waals surface area contributed by atoms with Crippen LogP contribution in [0.1, 0.15) is 187 Å². The molecule has 0 radical (unpaired) electrons. The molecule has 0 spiro atoms. The van der Waals surface area contributed by atoms with Crippen LogP contribution in [0.5, 0.6) is 0 Å². The fraction of sp³-hybridized carbons (Fsp3) is 0.898. The molecule has 12 atom stereocenters. The summed E-state index contributed by atoms with van der Waals surface area (Å²) in [4.78, 5) is 13.0. The number of rotatable bonds is 38. The van der Waals surface area contributed by atoms with Crippen LogP contribution in [0.2, 0.25) is 0 Å². The molecule has 2 aliphatic heterocycles. The van der Waals surface area contributed by atoms with E-state index in [0.717, 1.165) is 38.5 Å². The molecule has 370 valence electrons. The third-order valence-electron chi connectivity index (χ3n) is 12.4. The van der Waals surface area contributed by atoms with Gasteiger partial charge in [0.2, 0.25) is 5.91 Å². The van der Waals surface area contributed by atoms with E-state index in [1.807, 2.05) is 6.08 Å². The number of nitrogens with one attached hydrogen (secondary N) is 1. The van der Waals surface area contributed by atoms with Crippen molar-refractivity contribution in [2.24, 2.45) is 0 Å². The SMILES string of the molecule is CCCCCCCCCCCCCCCCCC/C=C/CC/C=C/C(O)C(COC1OC(CO)C(OC2OC(CO)C(O)C(O)C2O)C(O)C1O)NC(=O)CCCCCCCCC. The molecule has 0 aromatic carbocycles. The average molecular weight is 902 g/mol. The van der Waals surface area contributed by atoms with Crippen LogP contribution in [0.4, 0.5) is 0 Å². The highest BCUT2D eigenvalue weighted by atomic mass is 16.7. The maximum Gasteiger partial charge on any atom is 0.220 e. The zero-order valence-corrected chi connectivity index (χ0v) is 39.1. The van der Waals surface area contributed by atoms with E-state index >= 15 is 0 Å². The molecule has 9 N–H and O–H groups in total. The van der Waals surface area contributed by atoms with Crippen molar-refractivity contribution in [2.45, 2.75) is 261 Å². The fourth-order valence-electron chi connectivity index (χ4n) is 8.25. The molecule has 0 saturated carbocycles. The van der Waals surface area contributed by atoms with Crippen LogP contribution in [0.3, 0.4) is 0 Å². The van der Waals surface area contributed by atoms with Gasteiger partial charge in [-0.25, -0.2) is 0 Å². The Morgan fingerprint density at radius 3 is 1.56 bits per heavy atom. The summed E-state index contributed by atoms with van der Waals surface area (Å²) in [6, 6.07) is -0.924. The summed E-state index contributed by atoms with van der Waals surface area (Å²) in [5, 5.41) is 86.4. The summed E-state index contributed by atoms with van der Waals surface area (Å²) < 4.78 is 22.6. The molecule has 1 amide bonds. The van der Waals surface area contributed by atoms with Gasteiger partial charge in [0.05, 0.1) is 32.0 Å². The lowest BCUT2D eigenvalue weighted by atomic mass is 9.97. The van der Waals surface area contributed by atoms with Gasteiger partial charge in [-0.2, -0.15) is 0 Å². The summed E-state index contributed by atoms with van der Waals surface area (Å²) in [5.74, 6) is -0.256. The van der Waals surface area contributed by atoms with Gasteiger partial charge in [0.25, 0.3) is 0 Å². The zero-order chi connectivity index (χ0) is 46.1. The number of aliphatic hydroxyl groups excluding tert-OH is 8. The lowest BCUT2D eigenvalue weighted by Gasteiger charge is -2.46. The number of ether oxygens (including phenoxy) is 4. The minimum atomic E-state index is -1.79. The number of allylic oxidation sites excluding steroid dienone is 3. The van der Waals surface area contributed by atoms with Gasteiger partial charge in [0.15, 0.2) is 12.6 Å². The minimum absolute atomic E-state index is 0.256. The Hall–Kier alpha value is -1.53. The zero-order valence-electron chi connectivity index (χ0n) is 39.1. The van der Waals surface area contributed by atoms with Crippen LogP contribution in [0, 0.1) is 0 Å². The van der Waals surface area contributed by atoms with Crippen LogP contribution in [0.15, 0.2) is 24.3 Å². The third-order valence-corrected chi connectivity index (χ3v) is 12.4. The summed E-state index contributed by atoms with van der Waals surface area (Å²) in [6.07, 6.45) is 22.6. The minimum Gasteiger partial charge on any atom is -0.394 e. The average Bonchev–Trinajstić information content (AvgIpc) is 3.28. The maximum atomic E-state index is 13.0. The van der Waals surface area contributed by atoms with E-state index in [9.17, 15) is 45.6 Å². The van der Waals surface area contributed by atoms with Gasteiger partial charge >= 0.3 is 0 Å². The molecule has 14 heteroatoms. The quantitative estimate of drug-likeness (QED) is 0.0250. The second-order valence-electron chi connectivity index (χ2n) is 17.9. The fourth-order valence-corrected chi connectivity index (χ4v) is 8.25. The lowest BCUT2D eigenvalue weighted by Crippen LogP contribution is -2.65. The van der Waals surface area contributed by atoms with E-state index in [4.69, 9.17) is 18.9 Å². The van der Waals surface area contributed by atoms with Crippen molar-refractivity contribution in [2.75, 3.05) is 19.8 Å². The molecule has 2 heterocycles. The van der Waals surface area contributed by atoms with E-state index in [1.165, 1.54) is 116 Å². The number of unbranched alkanes of at least 4 members (excludes halogenated alkanes) is 23. The number of hydrogen-bond acceptors (Lipinski definition) is 13. The molecule has 0 aromatic rings. The Balaban J connectivity index is 1.79. The Kier molecular flexibility index (Phi) is 33.4. The Labute approximate surface area is 379 Å². The number of amides is 1. The van der Waals surface area contributed by atoms with Crippen LogP contribution in [-0.4, -0.2) is 140 Å². The second kappa shape index (κ2) is 36.6. The second-order valence-corrected chi connectivity index (χ2v) is 17.9.